The summed E-state index contributed by atoms with van der Waals surface area (Å²) in [6, 6.07) is 12.8. The van der Waals surface area contributed by atoms with E-state index in [0.717, 1.165) is 11.3 Å². The number of benzene rings is 1. The van der Waals surface area contributed by atoms with Crippen molar-refractivity contribution < 1.29 is 9.66 Å². The van der Waals surface area contributed by atoms with Crippen LogP contribution in [0.25, 0.3) is 5.69 Å². The minimum absolute atomic E-state index is 0.139. The number of hydrogen-bond donors (Lipinski definition) is 0. The van der Waals surface area contributed by atoms with Crippen molar-refractivity contribution in [3.05, 3.63) is 76.7 Å². The summed E-state index contributed by atoms with van der Waals surface area (Å²) in [5, 5.41) is 15.1. The summed E-state index contributed by atoms with van der Waals surface area (Å²) < 4.78 is 7.19. The molecule has 2 heterocycles. The molecule has 0 atom stereocenters. The van der Waals surface area contributed by atoms with Gasteiger partial charge >= 0.3 is 5.82 Å². The van der Waals surface area contributed by atoms with Crippen LogP contribution in [0.5, 0.6) is 5.75 Å². The van der Waals surface area contributed by atoms with Gasteiger partial charge in [-0.05, 0) is 34.2 Å². The van der Waals surface area contributed by atoms with Crippen molar-refractivity contribution in [2.75, 3.05) is 0 Å². The third-order valence-corrected chi connectivity index (χ3v) is 2.97. The molecule has 0 amide bonds. The molecule has 0 N–H and O–H groups in total. The second-order valence-corrected chi connectivity index (χ2v) is 4.50. The van der Waals surface area contributed by atoms with Gasteiger partial charge in [0.2, 0.25) is 5.75 Å². The molecule has 0 fully saturated rings. The largest absolute Gasteiger partial charge is 0.481 e. The SMILES string of the molecule is O=[N+]([O-])c1ncccc1OCc1cnn(-c2ccccc2)c1. The smallest absolute Gasteiger partial charge is 0.406 e. The summed E-state index contributed by atoms with van der Waals surface area (Å²) in [6.45, 7) is 0.180. The molecular formula is C15H12N4O3. The first-order valence-corrected chi connectivity index (χ1v) is 6.55. The second kappa shape index (κ2) is 6.04. The Morgan fingerprint density at radius 1 is 1.18 bits per heavy atom. The molecule has 0 saturated carbocycles. The van der Waals surface area contributed by atoms with Crippen LogP contribution in [0.4, 0.5) is 5.82 Å². The number of nitro groups is 1. The van der Waals surface area contributed by atoms with Gasteiger partial charge in [0.25, 0.3) is 0 Å². The fourth-order valence-corrected chi connectivity index (χ4v) is 1.95. The van der Waals surface area contributed by atoms with Crippen molar-refractivity contribution in [3.63, 3.8) is 0 Å². The van der Waals surface area contributed by atoms with Crippen LogP contribution < -0.4 is 4.74 Å². The van der Waals surface area contributed by atoms with Gasteiger partial charge in [0.05, 0.1) is 11.9 Å². The Morgan fingerprint density at radius 2 is 2.00 bits per heavy atom. The molecule has 2 aromatic heterocycles. The van der Waals surface area contributed by atoms with E-state index in [-0.39, 0.29) is 18.2 Å². The third kappa shape index (κ3) is 2.93. The third-order valence-electron chi connectivity index (χ3n) is 2.97. The summed E-state index contributed by atoms with van der Waals surface area (Å²) >= 11 is 0. The van der Waals surface area contributed by atoms with E-state index >= 15 is 0 Å². The quantitative estimate of drug-likeness (QED) is 0.534. The fourth-order valence-electron chi connectivity index (χ4n) is 1.95. The van der Waals surface area contributed by atoms with Crippen LogP contribution in [0.3, 0.4) is 0 Å². The van der Waals surface area contributed by atoms with Crippen LogP contribution in [0, 0.1) is 10.1 Å². The topological polar surface area (TPSA) is 83.1 Å². The maximum Gasteiger partial charge on any atom is 0.406 e. The summed E-state index contributed by atoms with van der Waals surface area (Å²) in [6.07, 6.45) is 4.84. The minimum atomic E-state index is -0.567. The Morgan fingerprint density at radius 3 is 2.77 bits per heavy atom. The lowest BCUT2D eigenvalue weighted by Crippen LogP contribution is -2.00. The fraction of sp³-hybridized carbons (Fsp3) is 0.0667. The van der Waals surface area contributed by atoms with Gasteiger partial charge in [-0.3, -0.25) is 0 Å². The molecule has 0 bridgehead atoms. The number of aromatic nitrogens is 3. The molecule has 7 nitrogen and oxygen atoms in total. The average Bonchev–Trinajstić information content (AvgIpc) is 3.03. The van der Waals surface area contributed by atoms with Crippen LogP contribution in [-0.4, -0.2) is 19.7 Å². The molecule has 3 aromatic rings. The number of ether oxygens (including phenoxy) is 1. The summed E-state index contributed by atoms with van der Waals surface area (Å²) in [5.74, 6) is -0.155. The lowest BCUT2D eigenvalue weighted by molar-refractivity contribution is -0.390. The van der Waals surface area contributed by atoms with E-state index in [9.17, 15) is 10.1 Å². The van der Waals surface area contributed by atoms with E-state index in [2.05, 4.69) is 10.1 Å². The molecule has 22 heavy (non-hydrogen) atoms. The minimum Gasteiger partial charge on any atom is -0.481 e. The van der Waals surface area contributed by atoms with Crippen molar-refractivity contribution in [2.45, 2.75) is 6.61 Å². The zero-order valence-corrected chi connectivity index (χ0v) is 11.5. The molecule has 3 rings (SSSR count). The maximum absolute atomic E-state index is 10.9. The average molecular weight is 296 g/mol. The van der Waals surface area contributed by atoms with Gasteiger partial charge in [0.15, 0.2) is 0 Å². The van der Waals surface area contributed by atoms with Gasteiger partial charge in [-0.2, -0.15) is 5.10 Å². The normalized spacial score (nSPS) is 10.4. The van der Waals surface area contributed by atoms with Crippen LogP contribution >= 0.6 is 0 Å². The number of rotatable bonds is 5. The lowest BCUT2D eigenvalue weighted by atomic mass is 10.3. The Kier molecular flexibility index (Phi) is 3.78. The molecule has 0 spiro atoms. The Bertz CT molecular complexity index is 786. The zero-order chi connectivity index (χ0) is 15.4. The van der Waals surface area contributed by atoms with Crippen LogP contribution in [-0.2, 0) is 6.61 Å². The van der Waals surface area contributed by atoms with Crippen molar-refractivity contribution in [1.82, 2.24) is 14.8 Å². The second-order valence-electron chi connectivity index (χ2n) is 4.50. The van der Waals surface area contributed by atoms with Crippen molar-refractivity contribution in [1.29, 1.82) is 0 Å². The van der Waals surface area contributed by atoms with Gasteiger partial charge in [-0.25, -0.2) is 4.68 Å². The summed E-state index contributed by atoms with van der Waals surface area (Å²) in [5.41, 5.74) is 1.74. The summed E-state index contributed by atoms with van der Waals surface area (Å²) in [7, 11) is 0. The number of para-hydroxylation sites is 1. The van der Waals surface area contributed by atoms with Gasteiger partial charge in [0, 0.05) is 11.8 Å². The Labute approximate surface area is 126 Å². The van der Waals surface area contributed by atoms with Crippen molar-refractivity contribution in [3.8, 4) is 11.4 Å². The number of nitrogens with zero attached hydrogens (tertiary/aromatic N) is 4. The molecule has 0 radical (unpaired) electrons. The van der Waals surface area contributed by atoms with Gasteiger partial charge < -0.3 is 14.9 Å². The maximum atomic E-state index is 10.9. The van der Waals surface area contributed by atoms with Gasteiger partial charge in [-0.15, -0.1) is 0 Å². The van der Waals surface area contributed by atoms with Crippen molar-refractivity contribution >= 4 is 5.82 Å². The zero-order valence-electron chi connectivity index (χ0n) is 11.5. The molecule has 0 unspecified atom stereocenters. The molecule has 0 aliphatic rings. The lowest BCUT2D eigenvalue weighted by Gasteiger charge is -2.04. The predicted octanol–water partition coefficient (Wildman–Crippen LogP) is 2.75. The van der Waals surface area contributed by atoms with E-state index in [1.807, 2.05) is 36.5 Å². The Hall–Kier alpha value is -3.22. The monoisotopic (exact) mass is 296 g/mol. The van der Waals surface area contributed by atoms with E-state index in [0.29, 0.717) is 0 Å². The highest BCUT2D eigenvalue weighted by atomic mass is 16.6. The van der Waals surface area contributed by atoms with Crippen molar-refractivity contribution in [2.24, 2.45) is 0 Å². The Balaban J connectivity index is 1.73. The van der Waals surface area contributed by atoms with E-state index in [1.165, 1.54) is 12.3 Å². The molecule has 0 aliphatic heterocycles. The molecular weight excluding hydrogens is 284 g/mol. The van der Waals surface area contributed by atoms with Gasteiger partial charge in [0.1, 0.15) is 12.8 Å². The molecule has 0 aliphatic carbocycles. The molecule has 1 aromatic carbocycles. The molecule has 110 valence electrons. The first-order chi connectivity index (χ1) is 10.7. The predicted molar refractivity (Wildman–Crippen MR) is 78.8 cm³/mol. The highest BCUT2D eigenvalue weighted by Gasteiger charge is 2.15. The van der Waals surface area contributed by atoms with Crippen LogP contribution in [0.15, 0.2) is 61.1 Å². The molecule has 0 saturated heterocycles. The summed E-state index contributed by atoms with van der Waals surface area (Å²) in [4.78, 5) is 14.0. The molecule has 7 heteroatoms. The highest BCUT2D eigenvalue weighted by molar-refractivity contribution is 5.38. The van der Waals surface area contributed by atoms with Crippen LogP contribution in [0.1, 0.15) is 5.56 Å². The van der Waals surface area contributed by atoms with Crippen LogP contribution in [0.2, 0.25) is 0 Å². The van der Waals surface area contributed by atoms with E-state index in [1.54, 1.807) is 16.9 Å². The first-order valence-electron chi connectivity index (χ1n) is 6.55. The number of hydrogen-bond acceptors (Lipinski definition) is 5. The highest BCUT2D eigenvalue weighted by Crippen LogP contribution is 2.23. The van der Waals surface area contributed by atoms with E-state index < -0.39 is 4.92 Å². The van der Waals surface area contributed by atoms with Gasteiger partial charge in [-0.1, -0.05) is 18.2 Å². The number of pyridine rings is 1. The van der Waals surface area contributed by atoms with E-state index in [4.69, 9.17) is 4.74 Å². The standard InChI is InChI=1S/C15H12N4O3/c20-19(21)15-14(7-4-8-16-15)22-11-12-9-17-18(10-12)13-5-2-1-3-6-13/h1-10H,11H2. The first kappa shape index (κ1) is 13.7.